The van der Waals surface area contributed by atoms with Gasteiger partial charge in [0.25, 0.3) is 11.4 Å². The van der Waals surface area contributed by atoms with Gasteiger partial charge in [-0.1, -0.05) is 24.3 Å². The fourth-order valence-corrected chi connectivity index (χ4v) is 3.98. The van der Waals surface area contributed by atoms with Crippen molar-refractivity contribution < 1.29 is 24.3 Å². The van der Waals surface area contributed by atoms with E-state index in [0.29, 0.717) is 16.9 Å². The highest BCUT2D eigenvalue weighted by Crippen LogP contribution is 2.34. The van der Waals surface area contributed by atoms with Crippen LogP contribution in [-0.2, 0) is 13.1 Å². The maximum absolute atomic E-state index is 14.3. The summed E-state index contributed by atoms with van der Waals surface area (Å²) in [6.07, 6.45) is 1.32. The van der Waals surface area contributed by atoms with Crippen molar-refractivity contribution in [3.63, 3.8) is 0 Å². The highest BCUT2D eigenvalue weighted by Gasteiger charge is 2.31. The van der Waals surface area contributed by atoms with E-state index in [1.165, 1.54) is 78.9 Å². The van der Waals surface area contributed by atoms with Crippen molar-refractivity contribution in [3.8, 4) is 5.75 Å². The number of ether oxygens (including phenoxy) is 1. The Kier molecular flexibility index (Phi) is 8.42. The zero-order valence-electron chi connectivity index (χ0n) is 21.5. The minimum absolute atomic E-state index is 0.0545. The molecule has 0 aliphatic carbocycles. The normalized spacial score (nSPS) is 10.5. The van der Waals surface area contributed by atoms with E-state index in [4.69, 9.17) is 4.74 Å². The molecule has 0 radical (unpaired) electrons. The second-order valence-corrected chi connectivity index (χ2v) is 8.62. The Morgan fingerprint density at radius 2 is 1.27 bits per heavy atom. The zero-order valence-corrected chi connectivity index (χ0v) is 21.5. The fraction of sp³-hybridized carbons (Fsp3) is 0.111. The van der Waals surface area contributed by atoms with Crippen LogP contribution in [0.15, 0.2) is 91.1 Å². The van der Waals surface area contributed by atoms with Crippen LogP contribution in [0.2, 0.25) is 0 Å². The molecule has 208 valence electrons. The lowest BCUT2D eigenvalue weighted by Crippen LogP contribution is -2.40. The number of pyridine rings is 1. The summed E-state index contributed by atoms with van der Waals surface area (Å²) >= 11 is 0. The number of amides is 2. The molecule has 2 amide bonds. The Bertz CT molecular complexity index is 1520. The number of hydrogen-bond acceptors (Lipinski definition) is 9. The molecular weight excluding hydrogens is 536 g/mol. The smallest absolute Gasteiger partial charge is 0.331 e. The van der Waals surface area contributed by atoms with Crippen molar-refractivity contribution in [1.29, 1.82) is 0 Å². The standard InChI is InChI=1S/C27H22N6O8/c1-41-24-14-12-21(13-15-24)30(26-25(33(39)40)3-2-16-28-26)27(34)29(17-19-4-8-22(9-5-19)31(35)36)18-20-6-10-23(11-7-20)32(37)38/h2-16H,17-18H2,1H3. The van der Waals surface area contributed by atoms with Gasteiger partial charge in [-0.05, 0) is 41.5 Å². The number of carbonyl (C=O) groups excluding carboxylic acids is 1. The van der Waals surface area contributed by atoms with Gasteiger partial charge in [-0.3, -0.25) is 30.3 Å². The second-order valence-electron chi connectivity index (χ2n) is 8.62. The van der Waals surface area contributed by atoms with Gasteiger partial charge < -0.3 is 9.64 Å². The number of anilines is 2. The molecule has 0 bridgehead atoms. The Balaban J connectivity index is 1.80. The van der Waals surface area contributed by atoms with Crippen molar-refractivity contribution in [2.75, 3.05) is 12.0 Å². The molecule has 0 N–H and O–H groups in total. The highest BCUT2D eigenvalue weighted by atomic mass is 16.6. The summed E-state index contributed by atoms with van der Waals surface area (Å²) in [7, 11) is 1.47. The van der Waals surface area contributed by atoms with E-state index in [2.05, 4.69) is 4.98 Å². The lowest BCUT2D eigenvalue weighted by atomic mass is 10.1. The largest absolute Gasteiger partial charge is 0.497 e. The quantitative estimate of drug-likeness (QED) is 0.173. The zero-order chi connectivity index (χ0) is 29.5. The number of rotatable bonds is 10. The van der Waals surface area contributed by atoms with Crippen molar-refractivity contribution in [2.45, 2.75) is 13.1 Å². The number of nitro benzene ring substituents is 2. The molecule has 3 aromatic carbocycles. The van der Waals surface area contributed by atoms with Crippen LogP contribution in [0.5, 0.6) is 5.75 Å². The number of nitro groups is 3. The molecule has 0 saturated heterocycles. The molecule has 0 aliphatic rings. The Morgan fingerprint density at radius 1 is 0.756 bits per heavy atom. The Hall–Kier alpha value is -5.92. The molecule has 0 atom stereocenters. The lowest BCUT2D eigenvalue weighted by molar-refractivity contribution is -0.385. The van der Waals surface area contributed by atoms with Crippen LogP contribution in [0.1, 0.15) is 11.1 Å². The average Bonchev–Trinajstić information content (AvgIpc) is 2.98. The summed E-state index contributed by atoms with van der Waals surface area (Å²) in [5.41, 5.74) is 0.654. The molecule has 0 spiro atoms. The number of aromatic nitrogens is 1. The van der Waals surface area contributed by atoms with Crippen LogP contribution in [-0.4, -0.2) is 37.8 Å². The van der Waals surface area contributed by atoms with Crippen LogP contribution < -0.4 is 9.64 Å². The van der Waals surface area contributed by atoms with Crippen LogP contribution in [0, 0.1) is 30.3 Å². The van der Waals surface area contributed by atoms with Crippen LogP contribution in [0.25, 0.3) is 0 Å². The molecule has 0 fully saturated rings. The molecule has 4 rings (SSSR count). The van der Waals surface area contributed by atoms with E-state index in [1.54, 1.807) is 24.3 Å². The van der Waals surface area contributed by atoms with Gasteiger partial charge in [0.2, 0.25) is 5.82 Å². The number of non-ortho nitro benzene ring substituents is 2. The number of methoxy groups -OCH3 is 1. The lowest BCUT2D eigenvalue weighted by Gasteiger charge is -2.30. The monoisotopic (exact) mass is 558 g/mol. The first-order valence-electron chi connectivity index (χ1n) is 12.0. The van der Waals surface area contributed by atoms with E-state index >= 15 is 0 Å². The topological polar surface area (TPSA) is 175 Å². The SMILES string of the molecule is COc1ccc(N(C(=O)N(Cc2ccc([N+](=O)[O-])cc2)Cc2ccc([N+](=O)[O-])cc2)c2ncccc2[N+](=O)[O-])cc1. The van der Waals surface area contributed by atoms with E-state index in [-0.39, 0.29) is 36.0 Å². The van der Waals surface area contributed by atoms with Crippen molar-refractivity contribution in [1.82, 2.24) is 9.88 Å². The maximum Gasteiger partial charge on any atom is 0.331 e. The molecule has 0 unspecified atom stereocenters. The first-order valence-corrected chi connectivity index (χ1v) is 12.0. The number of benzene rings is 3. The summed E-state index contributed by atoms with van der Waals surface area (Å²) < 4.78 is 5.20. The Labute approximate surface area is 232 Å². The van der Waals surface area contributed by atoms with Gasteiger partial charge in [0, 0.05) is 49.6 Å². The van der Waals surface area contributed by atoms with E-state index in [0.717, 1.165) is 4.90 Å². The number of carbonyl (C=O) groups is 1. The predicted octanol–water partition coefficient (Wildman–Crippen LogP) is 5.78. The summed E-state index contributed by atoms with van der Waals surface area (Å²) in [6, 6.07) is 19.3. The van der Waals surface area contributed by atoms with E-state index in [9.17, 15) is 35.1 Å². The second kappa shape index (κ2) is 12.3. The summed E-state index contributed by atoms with van der Waals surface area (Å²) in [5.74, 6) is 0.260. The van der Waals surface area contributed by atoms with E-state index < -0.39 is 26.5 Å². The van der Waals surface area contributed by atoms with Gasteiger partial charge in [-0.25, -0.2) is 14.7 Å². The first-order chi connectivity index (χ1) is 19.7. The Morgan fingerprint density at radius 3 is 1.71 bits per heavy atom. The first kappa shape index (κ1) is 28.1. The number of urea groups is 1. The van der Waals surface area contributed by atoms with Gasteiger partial charge in [0.05, 0.1) is 27.6 Å². The van der Waals surface area contributed by atoms with Crippen molar-refractivity contribution >= 4 is 34.6 Å². The molecular formula is C27H22N6O8. The average molecular weight is 559 g/mol. The van der Waals surface area contributed by atoms with Crippen molar-refractivity contribution in [3.05, 3.63) is 133 Å². The summed E-state index contributed by atoms with van der Waals surface area (Å²) in [6.45, 7) is -0.109. The van der Waals surface area contributed by atoms with Gasteiger partial charge in [-0.15, -0.1) is 0 Å². The molecule has 1 aromatic heterocycles. The maximum atomic E-state index is 14.3. The minimum Gasteiger partial charge on any atom is -0.497 e. The molecule has 14 heteroatoms. The van der Waals surface area contributed by atoms with Gasteiger partial charge in [-0.2, -0.15) is 0 Å². The van der Waals surface area contributed by atoms with Crippen LogP contribution >= 0.6 is 0 Å². The molecule has 0 aliphatic heterocycles. The molecule has 0 saturated carbocycles. The van der Waals surface area contributed by atoms with E-state index in [1.807, 2.05) is 0 Å². The molecule has 14 nitrogen and oxygen atoms in total. The van der Waals surface area contributed by atoms with Crippen molar-refractivity contribution in [2.24, 2.45) is 0 Å². The highest BCUT2D eigenvalue weighted by molar-refractivity contribution is 6.00. The number of nitrogens with zero attached hydrogens (tertiary/aromatic N) is 6. The van der Waals surface area contributed by atoms with Crippen LogP contribution in [0.4, 0.5) is 33.4 Å². The number of hydrogen-bond donors (Lipinski definition) is 0. The molecule has 41 heavy (non-hydrogen) atoms. The summed E-state index contributed by atoms with van der Waals surface area (Å²) in [5, 5.41) is 34.1. The van der Waals surface area contributed by atoms with Gasteiger partial charge in [0.1, 0.15) is 5.75 Å². The van der Waals surface area contributed by atoms with Gasteiger partial charge >= 0.3 is 11.7 Å². The third-order valence-corrected chi connectivity index (χ3v) is 6.01. The molecule has 1 heterocycles. The third-order valence-electron chi connectivity index (χ3n) is 6.01. The van der Waals surface area contributed by atoms with Crippen LogP contribution in [0.3, 0.4) is 0 Å². The van der Waals surface area contributed by atoms with Gasteiger partial charge in [0.15, 0.2) is 0 Å². The fourth-order valence-electron chi connectivity index (χ4n) is 3.98. The summed E-state index contributed by atoms with van der Waals surface area (Å²) in [4.78, 5) is 53.2. The molecule has 4 aromatic rings. The minimum atomic E-state index is -0.700. The third kappa shape index (κ3) is 6.57. The predicted molar refractivity (Wildman–Crippen MR) is 147 cm³/mol.